The smallest absolute Gasteiger partial charge is 0.338 e. The van der Waals surface area contributed by atoms with Gasteiger partial charge in [0.15, 0.2) is 0 Å². The van der Waals surface area contributed by atoms with Crippen molar-refractivity contribution in [3.63, 3.8) is 0 Å². The van der Waals surface area contributed by atoms with Crippen LogP contribution in [0, 0.1) is 0 Å². The van der Waals surface area contributed by atoms with E-state index < -0.39 is 28.9 Å². The molecule has 2 aliphatic rings. The van der Waals surface area contributed by atoms with Crippen molar-refractivity contribution in [1.82, 2.24) is 4.90 Å². The van der Waals surface area contributed by atoms with Crippen LogP contribution in [0.4, 0.5) is 0 Å². The summed E-state index contributed by atoms with van der Waals surface area (Å²) in [5.41, 5.74) is -2.37. The number of methoxy groups -OCH3 is 1. The number of fused-ring (bicyclic) bond motifs is 2. The predicted octanol–water partition coefficient (Wildman–Crippen LogP) is 1.90. The van der Waals surface area contributed by atoms with Crippen molar-refractivity contribution in [2.24, 2.45) is 4.99 Å². The zero-order chi connectivity index (χ0) is 20.1. The molecule has 7 heteroatoms. The fourth-order valence-corrected chi connectivity index (χ4v) is 3.81. The molecule has 2 heterocycles. The van der Waals surface area contributed by atoms with Gasteiger partial charge in [-0.3, -0.25) is 14.5 Å². The average Bonchev–Trinajstić information content (AvgIpc) is 3.06. The molecule has 1 spiro atoms. The number of carbonyl (C=O) groups excluding carboxylic acids is 3. The minimum atomic E-state index is -1.84. The lowest BCUT2D eigenvalue weighted by Crippen LogP contribution is -2.64. The fraction of sp³-hybridized carbons (Fsp3) is 0.238. The summed E-state index contributed by atoms with van der Waals surface area (Å²) in [7, 11) is 2.59. The highest BCUT2D eigenvalue weighted by Crippen LogP contribution is 2.50. The maximum absolute atomic E-state index is 13.4. The molecule has 0 saturated carbocycles. The van der Waals surface area contributed by atoms with Crippen molar-refractivity contribution < 1.29 is 23.9 Å². The fourth-order valence-electron chi connectivity index (χ4n) is 3.81. The Morgan fingerprint density at radius 2 is 1.71 bits per heavy atom. The Kier molecular flexibility index (Phi) is 3.85. The Morgan fingerprint density at radius 1 is 1.07 bits per heavy atom. The lowest BCUT2D eigenvalue weighted by molar-refractivity contribution is -0.166. The summed E-state index contributed by atoms with van der Waals surface area (Å²) in [5.74, 6) is -1.72. The van der Waals surface area contributed by atoms with Crippen molar-refractivity contribution in [2.45, 2.75) is 18.1 Å². The number of imide groups is 1. The molecule has 4 rings (SSSR count). The molecule has 0 aromatic heterocycles. The van der Waals surface area contributed by atoms with E-state index in [9.17, 15) is 14.4 Å². The highest BCUT2D eigenvalue weighted by molar-refractivity contribution is 6.17. The van der Waals surface area contributed by atoms with Gasteiger partial charge in [0.2, 0.25) is 11.4 Å². The molecule has 2 amide bonds. The number of likely N-dealkylation sites (N-methyl/N-ethyl adjacent to an activating group) is 1. The molecule has 0 unspecified atom stereocenters. The Morgan fingerprint density at radius 3 is 2.39 bits per heavy atom. The molecular weight excluding hydrogens is 360 g/mol. The number of esters is 1. The van der Waals surface area contributed by atoms with Gasteiger partial charge in [-0.2, -0.15) is 0 Å². The molecule has 0 aliphatic carbocycles. The summed E-state index contributed by atoms with van der Waals surface area (Å²) in [6, 6.07) is 15.6. The van der Waals surface area contributed by atoms with Crippen molar-refractivity contribution in [3.8, 4) is 0 Å². The van der Waals surface area contributed by atoms with Gasteiger partial charge in [-0.1, -0.05) is 36.4 Å². The second-order valence-electron chi connectivity index (χ2n) is 6.84. The van der Waals surface area contributed by atoms with Gasteiger partial charge in [0.1, 0.15) is 0 Å². The van der Waals surface area contributed by atoms with Gasteiger partial charge in [0.05, 0.1) is 7.11 Å². The number of carbonyl (C=O) groups is 3. The van der Waals surface area contributed by atoms with Crippen LogP contribution in [0.15, 0.2) is 59.6 Å². The number of hydrogen-bond donors (Lipinski definition) is 0. The minimum Gasteiger partial charge on any atom is -0.467 e. The summed E-state index contributed by atoms with van der Waals surface area (Å²) in [4.78, 5) is 44.4. The van der Waals surface area contributed by atoms with Crippen LogP contribution < -0.4 is 0 Å². The van der Waals surface area contributed by atoms with Gasteiger partial charge in [-0.15, -0.1) is 0 Å². The van der Waals surface area contributed by atoms with Crippen LogP contribution in [0.5, 0.6) is 0 Å². The van der Waals surface area contributed by atoms with Crippen LogP contribution in [0.1, 0.15) is 28.4 Å². The van der Waals surface area contributed by atoms with Gasteiger partial charge in [0, 0.05) is 23.7 Å². The number of ether oxygens (including phenoxy) is 2. The van der Waals surface area contributed by atoms with Gasteiger partial charge < -0.3 is 9.47 Å². The van der Waals surface area contributed by atoms with E-state index in [1.807, 2.05) is 6.07 Å². The van der Waals surface area contributed by atoms with Crippen molar-refractivity contribution in [2.75, 3.05) is 14.2 Å². The summed E-state index contributed by atoms with van der Waals surface area (Å²) in [6.45, 7) is 1.49. The maximum atomic E-state index is 13.4. The number of aliphatic imine (C=N–C) groups is 1. The van der Waals surface area contributed by atoms with Gasteiger partial charge in [-0.25, -0.2) is 9.79 Å². The summed E-state index contributed by atoms with van der Waals surface area (Å²) in [6.07, 6.45) is 0. The number of benzene rings is 2. The van der Waals surface area contributed by atoms with Crippen LogP contribution in [0.25, 0.3) is 0 Å². The molecule has 2 aromatic rings. The summed E-state index contributed by atoms with van der Waals surface area (Å²) < 4.78 is 11.2. The third kappa shape index (κ3) is 2.10. The number of rotatable bonds is 2. The Balaban J connectivity index is 2.02. The molecule has 0 bridgehead atoms. The van der Waals surface area contributed by atoms with E-state index in [0.29, 0.717) is 11.1 Å². The van der Waals surface area contributed by atoms with Crippen LogP contribution in [0.3, 0.4) is 0 Å². The van der Waals surface area contributed by atoms with E-state index in [2.05, 4.69) is 4.99 Å². The molecule has 2 atom stereocenters. The molecule has 142 valence electrons. The number of amides is 2. The van der Waals surface area contributed by atoms with E-state index in [1.54, 1.807) is 48.5 Å². The first kappa shape index (κ1) is 17.9. The van der Waals surface area contributed by atoms with Crippen molar-refractivity contribution in [1.29, 1.82) is 0 Å². The minimum absolute atomic E-state index is 0.138. The lowest BCUT2D eigenvalue weighted by atomic mass is 9.72. The highest BCUT2D eigenvalue weighted by atomic mass is 16.6. The van der Waals surface area contributed by atoms with Gasteiger partial charge in [-0.05, 0) is 25.1 Å². The first-order chi connectivity index (χ1) is 13.4. The lowest BCUT2D eigenvalue weighted by Gasteiger charge is -2.42. The van der Waals surface area contributed by atoms with Crippen molar-refractivity contribution >= 4 is 23.7 Å². The first-order valence-electron chi connectivity index (χ1n) is 8.71. The monoisotopic (exact) mass is 378 g/mol. The van der Waals surface area contributed by atoms with Crippen LogP contribution >= 0.6 is 0 Å². The SMILES string of the molecule is COC(=O)[C@@]1(C)N=C(c2ccccc2)O[C@@]12C(=O)N(C)C(=O)c1ccccc12. The van der Waals surface area contributed by atoms with E-state index in [4.69, 9.17) is 9.47 Å². The molecule has 7 nitrogen and oxygen atoms in total. The van der Waals surface area contributed by atoms with Crippen molar-refractivity contribution in [3.05, 3.63) is 71.3 Å². The Labute approximate surface area is 161 Å². The first-order valence-corrected chi connectivity index (χ1v) is 8.71. The van der Waals surface area contributed by atoms with E-state index in [1.165, 1.54) is 21.1 Å². The number of hydrogen-bond acceptors (Lipinski definition) is 6. The highest BCUT2D eigenvalue weighted by Gasteiger charge is 2.70. The van der Waals surface area contributed by atoms with E-state index in [-0.39, 0.29) is 11.5 Å². The van der Waals surface area contributed by atoms with E-state index in [0.717, 1.165) is 4.90 Å². The second kappa shape index (κ2) is 6.02. The van der Waals surface area contributed by atoms with E-state index >= 15 is 0 Å². The average molecular weight is 378 g/mol. The molecule has 0 fully saturated rings. The van der Waals surface area contributed by atoms with Gasteiger partial charge >= 0.3 is 5.97 Å². The zero-order valence-electron chi connectivity index (χ0n) is 15.6. The Bertz CT molecular complexity index is 1030. The predicted molar refractivity (Wildman–Crippen MR) is 99.7 cm³/mol. The van der Waals surface area contributed by atoms with Crippen LogP contribution in [-0.2, 0) is 24.7 Å². The molecule has 0 radical (unpaired) electrons. The van der Waals surface area contributed by atoms with Crippen LogP contribution in [0.2, 0.25) is 0 Å². The normalized spacial score (nSPS) is 26.0. The third-order valence-electron chi connectivity index (χ3n) is 5.31. The second-order valence-corrected chi connectivity index (χ2v) is 6.84. The zero-order valence-corrected chi connectivity index (χ0v) is 15.6. The Hall–Kier alpha value is -3.48. The molecule has 0 N–H and O–H groups in total. The molecule has 2 aromatic carbocycles. The van der Waals surface area contributed by atoms with Crippen LogP contribution in [-0.4, -0.2) is 48.3 Å². The third-order valence-corrected chi connectivity index (χ3v) is 5.31. The quantitative estimate of drug-likeness (QED) is 0.589. The molecule has 0 saturated heterocycles. The largest absolute Gasteiger partial charge is 0.467 e. The standard InChI is InChI=1S/C21H18N2O5/c1-20(19(26)27-3)21(28-16(22-20)13-9-5-4-6-10-13)15-12-8-7-11-14(15)17(24)23(2)18(21)25/h4-12H,1-3H3/t20-,21+/m1/s1. The summed E-state index contributed by atoms with van der Waals surface area (Å²) in [5, 5.41) is 0. The number of nitrogens with zero attached hydrogens (tertiary/aromatic N) is 2. The topological polar surface area (TPSA) is 85.3 Å². The molecule has 28 heavy (non-hydrogen) atoms. The maximum Gasteiger partial charge on any atom is 0.338 e. The molecule has 2 aliphatic heterocycles. The van der Waals surface area contributed by atoms with Gasteiger partial charge in [0.25, 0.3) is 17.4 Å². The summed E-state index contributed by atoms with van der Waals surface area (Å²) >= 11 is 0. The molecular formula is C21H18N2O5.